The highest BCUT2D eigenvalue weighted by atomic mass is 32.1. The van der Waals surface area contributed by atoms with E-state index in [2.05, 4.69) is 108 Å². The largest absolute Gasteiger partial charge is 0.480 e. The average Bonchev–Trinajstić information content (AvgIpc) is 1.76. The maximum atomic E-state index is 11.3. The summed E-state index contributed by atoms with van der Waals surface area (Å²) in [7, 11) is 0. The number of carboxylic acids is 6. The quantitative estimate of drug-likeness (QED) is 0.0147. The van der Waals surface area contributed by atoms with Crippen molar-refractivity contribution in [3.63, 3.8) is 0 Å². The molecule has 1 aliphatic heterocycles. The molecule has 42 nitrogen and oxygen atoms in total. The van der Waals surface area contributed by atoms with Gasteiger partial charge in [-0.15, -0.1) is 104 Å². The molecule has 0 saturated carbocycles. The van der Waals surface area contributed by atoms with Crippen LogP contribution in [0.5, 0.6) is 0 Å². The highest BCUT2D eigenvalue weighted by Crippen LogP contribution is 2.28. The number of hydrogen-bond acceptors (Lipinski definition) is 38. The molecule has 0 bridgehead atoms. The molecule has 8 aromatic heterocycles. The summed E-state index contributed by atoms with van der Waals surface area (Å²) >= 11 is 3.04. The summed E-state index contributed by atoms with van der Waals surface area (Å²) in [5.41, 5.74) is 38.6. The fourth-order valence-electron chi connectivity index (χ4n) is 9.01. The van der Waals surface area contributed by atoms with Crippen molar-refractivity contribution in [2.45, 2.75) is 161 Å². The van der Waals surface area contributed by atoms with Crippen LogP contribution < -0.4 is 45.0 Å². The van der Waals surface area contributed by atoms with E-state index in [1.165, 1.54) is 28.2 Å². The molecular weight excluding hydrogens is 1480 g/mol. The topological polar surface area (TPSA) is 683 Å². The number of nitrogens with one attached hydrogen (secondary N) is 2. The van der Waals surface area contributed by atoms with Crippen LogP contribution in [0.25, 0.3) is 0 Å². The minimum Gasteiger partial charge on any atom is -0.480 e. The van der Waals surface area contributed by atoms with Gasteiger partial charge in [0, 0.05) is 98.5 Å². The van der Waals surface area contributed by atoms with Crippen LogP contribution in [0.2, 0.25) is 0 Å². The van der Waals surface area contributed by atoms with Gasteiger partial charge >= 0.3 is 41.8 Å². The minimum absolute atomic E-state index is 0.175. The van der Waals surface area contributed by atoms with Gasteiger partial charge in [-0.25, -0.2) is 0 Å². The molecule has 0 spiro atoms. The number of ketones is 1. The Morgan fingerprint density at radius 2 is 1.05 bits per heavy atom. The summed E-state index contributed by atoms with van der Waals surface area (Å²) in [6, 6.07) is 3.77. The number of ether oxygens (including phenoxy) is 1. The number of carbonyl (C=O) groups excluding carboxylic acids is 2. The predicted molar refractivity (Wildman–Crippen MR) is 393 cm³/mol. The molecule has 44 heteroatoms. The molecule has 8 aromatic rings. The van der Waals surface area contributed by atoms with E-state index < -0.39 is 72.1 Å². The van der Waals surface area contributed by atoms with E-state index in [9.17, 15) is 38.4 Å². The highest BCUT2D eigenvalue weighted by Gasteiger charge is 2.24. The van der Waals surface area contributed by atoms with Crippen LogP contribution in [0.15, 0.2) is 71.3 Å². The Bertz CT molecular complexity index is 4260. The number of esters is 1. The molecule has 0 radical (unpaired) electrons. The third kappa shape index (κ3) is 35.5. The third-order valence-corrected chi connectivity index (χ3v) is 17.2. The second kappa shape index (κ2) is 46.6. The zero-order valence-electron chi connectivity index (χ0n) is 60.8. The number of anilines is 3. The number of piperidine rings is 1. The Kier molecular flexibility index (Phi) is 37.8. The molecule has 1 unspecified atom stereocenters. The van der Waals surface area contributed by atoms with Gasteiger partial charge in [-0.1, -0.05) is 30.6 Å². The van der Waals surface area contributed by atoms with Gasteiger partial charge in [0.25, 0.3) is 11.9 Å². The number of aliphatic carboxylic acids is 6. The van der Waals surface area contributed by atoms with Gasteiger partial charge in [0.2, 0.25) is 0 Å². The summed E-state index contributed by atoms with van der Waals surface area (Å²) in [5, 5.41) is 123. The molecule has 110 heavy (non-hydrogen) atoms. The number of nitrogens with zero attached hydrogens (tertiary/aromatic N) is 19. The number of nitrogens with two attached hydrogens (primary N) is 6. The third-order valence-electron chi connectivity index (χ3n) is 15.3. The molecule has 0 amide bonds. The highest BCUT2D eigenvalue weighted by molar-refractivity contribution is 7.10. The number of aromatic nitrogens is 18. The van der Waals surface area contributed by atoms with Crippen molar-refractivity contribution in [1.29, 1.82) is 0 Å². The average molecular weight is 1560 g/mol. The lowest BCUT2D eigenvalue weighted by Crippen LogP contribution is -2.45. The van der Waals surface area contributed by atoms with Crippen molar-refractivity contribution >= 4 is 87.8 Å². The number of hydrogen-bond donors (Lipinski definition) is 14. The van der Waals surface area contributed by atoms with E-state index in [1.54, 1.807) is 58.4 Å². The van der Waals surface area contributed by atoms with Crippen LogP contribution in [0.1, 0.15) is 125 Å². The second-order valence-corrected chi connectivity index (χ2v) is 26.8. The van der Waals surface area contributed by atoms with Crippen molar-refractivity contribution in [3.8, 4) is 0 Å². The Labute approximate surface area is 637 Å². The van der Waals surface area contributed by atoms with E-state index in [0.717, 1.165) is 45.7 Å². The standard InChI is InChI=1S/C13H21NO4.C12H15N7O2.C11H13N7O2.2C11H13N5O2S.C8H14N2O3/c1-9-7-10(9)8-18-12(15)6-4-2-3-5-11(14)13(16)17;1-7-16-18-12(19-17-7)15-6-8-2-3-9(14-5-8)4-10(13)11(20)21;1-6-15-17-11(18-16-6)14-8-2-7(4-13-5-8)3-9(12)10(19)20;1-6-13-15-10(16-14-6)4-8-2-7(5-19-8)3-9(12)11(17)18;1-6-13-15-10(16-14-6)5-9-7(2-3-19-9)4-8(12)11(17)18;9-7(8(12)13)5-10-3-1-6(11)2-4-10/h7,10-11H,2-6,8,14H2,1H3,(H,16,17);2-3,5,10H,4,6,13H2,1H3,(H,20,21)(H,15,18,19);2,4-5,9H,3,12H2,1H3,(H,19,20)(H,14,17,18);2,5,9H,3-4,12H2,1H3,(H,17,18);2-3,8H,4-5,12H2,1H3,(H,17,18);7H,1-5,9H2,(H,12,13)/t10?,11-;10-;2*9-;8-;7-/m000000/s1. The Morgan fingerprint density at radius 1 is 0.545 bits per heavy atom. The predicted octanol–water partition coefficient (Wildman–Crippen LogP) is 0.0993. The molecule has 20 N–H and O–H groups in total. The molecular formula is C66H89N27O15S2. The summed E-state index contributed by atoms with van der Waals surface area (Å²) < 4.78 is 5.09. The number of carboxylic acid groups (broad SMARTS) is 6. The second-order valence-electron chi connectivity index (χ2n) is 24.8. The van der Waals surface area contributed by atoms with E-state index in [4.69, 9.17) is 69.8 Å². The molecule has 1 fully saturated rings. The number of unbranched alkanes of at least 4 members (excludes halogenated alkanes) is 2. The molecule has 0 aromatic carbocycles. The van der Waals surface area contributed by atoms with Crippen molar-refractivity contribution < 1.29 is 73.7 Å². The lowest BCUT2D eigenvalue weighted by atomic mass is 10.1. The molecule has 1 aliphatic carbocycles. The van der Waals surface area contributed by atoms with Crippen LogP contribution in [0.3, 0.4) is 0 Å². The number of aryl methyl sites for hydroxylation is 4. The Balaban J connectivity index is 0.000000237. The van der Waals surface area contributed by atoms with Gasteiger partial charge in [0.05, 0.1) is 11.9 Å². The number of Topliss-reactive ketones (excluding diaryl/α,β-unsaturated/α-hetero) is 1. The van der Waals surface area contributed by atoms with Gasteiger partial charge in [0.1, 0.15) is 48.6 Å². The Hall–Kier alpha value is -11.5. The molecule has 590 valence electrons. The summed E-state index contributed by atoms with van der Waals surface area (Å²) in [6.07, 6.45) is 13.0. The Morgan fingerprint density at radius 3 is 1.58 bits per heavy atom. The van der Waals surface area contributed by atoms with E-state index in [-0.39, 0.29) is 30.5 Å². The fourth-order valence-corrected chi connectivity index (χ4v) is 10.8. The maximum Gasteiger partial charge on any atom is 0.321 e. The fraction of sp³-hybridized carbons (Fsp3) is 0.455. The first-order valence-electron chi connectivity index (χ1n) is 33.9. The van der Waals surface area contributed by atoms with Crippen LogP contribution in [-0.2, 0) is 88.2 Å². The lowest BCUT2D eigenvalue weighted by molar-refractivity contribution is -0.144. The number of likely N-dealkylation sites (tertiary alicyclic amines) is 1. The number of thiophene rings is 2. The molecule has 10 rings (SSSR count). The molecule has 9 heterocycles. The first kappa shape index (κ1) is 89.1. The van der Waals surface area contributed by atoms with Gasteiger partial charge in [-0.2, -0.15) is 0 Å². The van der Waals surface area contributed by atoms with Crippen LogP contribution in [0.4, 0.5) is 17.6 Å². The van der Waals surface area contributed by atoms with Gasteiger partial charge < -0.3 is 85.3 Å². The van der Waals surface area contributed by atoms with Crippen molar-refractivity contribution in [3.05, 3.63) is 144 Å². The van der Waals surface area contributed by atoms with Gasteiger partial charge in [-0.05, 0) is 124 Å². The normalized spacial score (nSPS) is 14.3. The molecule has 7 atom stereocenters. The minimum atomic E-state index is -1.06. The summed E-state index contributed by atoms with van der Waals surface area (Å²) in [5.74, 6) is -1.99. The van der Waals surface area contributed by atoms with Crippen molar-refractivity contribution in [1.82, 2.24) is 96.4 Å². The van der Waals surface area contributed by atoms with Crippen molar-refractivity contribution in [2.75, 3.05) is 36.9 Å². The van der Waals surface area contributed by atoms with Gasteiger partial charge in [-0.3, -0.25) is 48.3 Å². The van der Waals surface area contributed by atoms with E-state index in [1.807, 2.05) is 40.8 Å². The summed E-state index contributed by atoms with van der Waals surface area (Å²) in [4.78, 5) is 98.0. The summed E-state index contributed by atoms with van der Waals surface area (Å²) in [6.45, 7) is 11.4. The van der Waals surface area contributed by atoms with E-state index in [0.29, 0.717) is 148 Å². The van der Waals surface area contributed by atoms with Gasteiger partial charge in [0.15, 0.2) is 34.9 Å². The smallest absolute Gasteiger partial charge is 0.321 e. The zero-order chi connectivity index (χ0) is 80.8. The first-order valence-corrected chi connectivity index (χ1v) is 35.7. The SMILES string of the molecule is CC1=CC1COC(=O)CCCCC[C@H](N)C(=O)O.Cc1nnc(Cc2cc(C[C@H](N)C(=O)O)cs2)nn1.Cc1nnc(Cc2sccc2C[C@H](N)C(=O)O)nn1.Cc1nnc(NCc2ccc(C[C@H](N)C(=O)O)nc2)nn1.Cc1nnc(Nc2cncc(C[C@H](N)C(=O)O)c2)nn1.N[C@@H](CN1CCC(=O)CC1)C(=O)O. The van der Waals surface area contributed by atoms with Crippen LogP contribution in [-0.4, -0.2) is 237 Å². The van der Waals surface area contributed by atoms with Crippen LogP contribution >= 0.6 is 22.7 Å². The molecule has 2 aliphatic rings. The number of rotatable bonds is 33. The lowest BCUT2D eigenvalue weighted by Gasteiger charge is -2.26. The van der Waals surface area contributed by atoms with Crippen LogP contribution in [0, 0.1) is 33.6 Å². The zero-order valence-corrected chi connectivity index (χ0v) is 62.4. The van der Waals surface area contributed by atoms with E-state index >= 15 is 0 Å². The first-order chi connectivity index (χ1) is 52.3. The number of carbonyl (C=O) groups is 8. The number of pyridine rings is 2. The van der Waals surface area contributed by atoms with Crippen molar-refractivity contribution in [2.24, 2.45) is 40.3 Å². The monoisotopic (exact) mass is 1560 g/mol. The molecule has 1 saturated heterocycles. The maximum absolute atomic E-state index is 11.3.